The van der Waals surface area contributed by atoms with Crippen molar-refractivity contribution in [1.82, 2.24) is 0 Å². The van der Waals surface area contributed by atoms with E-state index in [0.717, 1.165) is 23.2 Å². The Morgan fingerprint density at radius 1 is 1.12 bits per heavy atom. The summed E-state index contributed by atoms with van der Waals surface area (Å²) in [7, 11) is 2.95. The fourth-order valence-corrected chi connectivity index (χ4v) is 3.06. The van der Waals surface area contributed by atoms with Crippen LogP contribution in [0.4, 0.5) is 5.69 Å². The van der Waals surface area contributed by atoms with Crippen molar-refractivity contribution in [2.24, 2.45) is 0 Å². The highest BCUT2D eigenvalue weighted by Gasteiger charge is 2.31. The molecule has 0 saturated carbocycles. The van der Waals surface area contributed by atoms with Crippen LogP contribution >= 0.6 is 0 Å². The molecule has 0 spiro atoms. The molecule has 3 rings (SSSR count). The van der Waals surface area contributed by atoms with Crippen molar-refractivity contribution in [1.29, 1.82) is 0 Å². The number of phenols is 1. The molecule has 2 aromatic carbocycles. The van der Waals surface area contributed by atoms with Gasteiger partial charge in [-0.3, -0.25) is 4.79 Å². The van der Waals surface area contributed by atoms with Gasteiger partial charge in [0.25, 0.3) is 5.91 Å². The summed E-state index contributed by atoms with van der Waals surface area (Å²) in [5, 5.41) is 10.1. The molecule has 25 heavy (non-hydrogen) atoms. The van der Waals surface area contributed by atoms with E-state index in [2.05, 4.69) is 0 Å². The van der Waals surface area contributed by atoms with E-state index >= 15 is 0 Å². The van der Waals surface area contributed by atoms with E-state index in [0.29, 0.717) is 23.6 Å². The zero-order chi connectivity index (χ0) is 18.0. The van der Waals surface area contributed by atoms with Crippen molar-refractivity contribution in [3.05, 3.63) is 47.5 Å². The van der Waals surface area contributed by atoms with Gasteiger partial charge in [-0.1, -0.05) is 25.1 Å². The Morgan fingerprint density at radius 2 is 1.76 bits per heavy atom. The summed E-state index contributed by atoms with van der Waals surface area (Å²) in [5.74, 6) is 0.526. The van der Waals surface area contributed by atoms with Gasteiger partial charge in [0.05, 0.1) is 19.9 Å². The molecule has 0 aromatic heterocycles. The number of carbonyl (C=O) groups excluding carboxylic acids is 1. The van der Waals surface area contributed by atoms with Crippen LogP contribution in [0.1, 0.15) is 24.5 Å². The number of methoxy groups -OCH3 is 2. The van der Waals surface area contributed by atoms with Crippen LogP contribution in [0, 0.1) is 0 Å². The second kappa shape index (κ2) is 6.89. The van der Waals surface area contributed by atoms with Gasteiger partial charge < -0.3 is 19.5 Å². The summed E-state index contributed by atoms with van der Waals surface area (Å²) >= 11 is 0. The number of aromatic hydroxyl groups is 1. The maximum atomic E-state index is 12.9. The minimum atomic E-state index is -0.0575. The lowest BCUT2D eigenvalue weighted by Gasteiger charge is -2.15. The third-order valence-corrected chi connectivity index (χ3v) is 4.22. The summed E-state index contributed by atoms with van der Waals surface area (Å²) in [4.78, 5) is 14.7. The predicted octanol–water partition coefficient (Wildman–Crippen LogP) is 3.71. The topological polar surface area (TPSA) is 59.0 Å². The molecule has 130 valence electrons. The van der Waals surface area contributed by atoms with Crippen LogP contribution in [-0.4, -0.2) is 31.8 Å². The zero-order valence-corrected chi connectivity index (χ0v) is 14.6. The van der Waals surface area contributed by atoms with Crippen molar-refractivity contribution in [3.63, 3.8) is 0 Å². The number of nitrogens with zero attached hydrogens (tertiary/aromatic N) is 1. The van der Waals surface area contributed by atoms with Crippen molar-refractivity contribution < 1.29 is 19.4 Å². The molecule has 0 fully saturated rings. The fourth-order valence-electron chi connectivity index (χ4n) is 3.06. The number of hydrogen-bond donors (Lipinski definition) is 1. The highest BCUT2D eigenvalue weighted by Crippen LogP contribution is 2.41. The monoisotopic (exact) mass is 339 g/mol. The molecule has 0 aliphatic carbocycles. The lowest BCUT2D eigenvalue weighted by Crippen LogP contribution is -2.26. The average Bonchev–Trinajstić information content (AvgIpc) is 2.89. The molecule has 5 nitrogen and oxygen atoms in total. The van der Waals surface area contributed by atoms with Crippen molar-refractivity contribution >= 4 is 23.2 Å². The molecule has 1 aliphatic rings. The molecule has 1 heterocycles. The van der Waals surface area contributed by atoms with Gasteiger partial charge in [-0.2, -0.15) is 0 Å². The number of para-hydroxylation sites is 1. The van der Waals surface area contributed by atoms with Crippen LogP contribution in [0.2, 0.25) is 0 Å². The second-order valence-electron chi connectivity index (χ2n) is 5.81. The van der Waals surface area contributed by atoms with E-state index in [1.54, 1.807) is 23.1 Å². The van der Waals surface area contributed by atoms with Gasteiger partial charge >= 0.3 is 0 Å². The van der Waals surface area contributed by atoms with Crippen molar-refractivity contribution in [2.45, 2.75) is 13.3 Å². The minimum Gasteiger partial charge on any atom is -0.502 e. The molecule has 5 heteroatoms. The number of fused-ring (bicyclic) bond motifs is 1. The van der Waals surface area contributed by atoms with Gasteiger partial charge in [0.15, 0.2) is 11.5 Å². The number of amides is 1. The molecule has 0 unspecified atom stereocenters. The molecular weight excluding hydrogens is 318 g/mol. The standard InChI is InChI=1S/C20H21NO4/c1-4-9-21-16-8-6-5-7-14(16)15(20(21)23)10-13-11-17(24-2)19(22)18(12-13)25-3/h5-8,10-12,22H,4,9H2,1-3H3/b15-10-. The highest BCUT2D eigenvalue weighted by atomic mass is 16.5. The smallest absolute Gasteiger partial charge is 0.258 e. The third-order valence-electron chi connectivity index (χ3n) is 4.22. The van der Waals surface area contributed by atoms with E-state index in [-0.39, 0.29) is 11.7 Å². The average molecular weight is 339 g/mol. The number of ether oxygens (including phenoxy) is 2. The lowest BCUT2D eigenvalue weighted by molar-refractivity contribution is -0.113. The lowest BCUT2D eigenvalue weighted by atomic mass is 10.0. The van der Waals surface area contributed by atoms with Gasteiger partial charge in [0.1, 0.15) is 0 Å². The highest BCUT2D eigenvalue weighted by molar-refractivity contribution is 6.35. The van der Waals surface area contributed by atoms with Crippen LogP contribution < -0.4 is 14.4 Å². The molecule has 2 aromatic rings. The largest absolute Gasteiger partial charge is 0.502 e. The van der Waals surface area contributed by atoms with E-state index in [9.17, 15) is 9.90 Å². The van der Waals surface area contributed by atoms with E-state index in [1.165, 1.54) is 14.2 Å². The number of carbonyl (C=O) groups is 1. The van der Waals surface area contributed by atoms with Gasteiger partial charge in [-0.15, -0.1) is 0 Å². The number of rotatable bonds is 5. The number of anilines is 1. The summed E-state index contributed by atoms with van der Waals surface area (Å²) in [6.45, 7) is 2.72. The van der Waals surface area contributed by atoms with Crippen LogP contribution in [-0.2, 0) is 4.79 Å². The van der Waals surface area contributed by atoms with Gasteiger partial charge in [0, 0.05) is 17.7 Å². The predicted molar refractivity (Wildman–Crippen MR) is 98.2 cm³/mol. The fraction of sp³-hybridized carbons (Fsp3) is 0.250. The molecular formula is C20H21NO4. The maximum Gasteiger partial charge on any atom is 0.258 e. The van der Waals surface area contributed by atoms with E-state index in [1.807, 2.05) is 31.2 Å². The van der Waals surface area contributed by atoms with Crippen molar-refractivity contribution in [3.8, 4) is 17.2 Å². The third kappa shape index (κ3) is 2.93. The first-order valence-corrected chi connectivity index (χ1v) is 8.18. The Balaban J connectivity index is 2.11. The SMILES string of the molecule is CCCN1C(=O)/C(=C\c2cc(OC)c(O)c(OC)c2)c2ccccc21. The quantitative estimate of drug-likeness (QED) is 0.844. The molecule has 1 amide bonds. The molecule has 1 N–H and O–H groups in total. The number of hydrogen-bond acceptors (Lipinski definition) is 4. The minimum absolute atomic E-state index is 0.0194. The van der Waals surface area contributed by atoms with Crippen molar-refractivity contribution in [2.75, 3.05) is 25.7 Å². The Hall–Kier alpha value is -2.95. The Morgan fingerprint density at radius 3 is 2.36 bits per heavy atom. The Labute approximate surface area is 147 Å². The number of benzene rings is 2. The summed E-state index contributed by atoms with van der Waals surface area (Å²) in [6, 6.07) is 11.1. The Kier molecular flexibility index (Phi) is 4.65. The zero-order valence-electron chi connectivity index (χ0n) is 14.6. The first-order valence-electron chi connectivity index (χ1n) is 8.18. The molecule has 0 saturated heterocycles. The normalized spacial score (nSPS) is 14.8. The summed E-state index contributed by atoms with van der Waals surface area (Å²) in [5.41, 5.74) is 3.19. The van der Waals surface area contributed by atoms with Gasteiger partial charge in [-0.25, -0.2) is 0 Å². The summed E-state index contributed by atoms with van der Waals surface area (Å²) < 4.78 is 10.4. The summed E-state index contributed by atoms with van der Waals surface area (Å²) in [6.07, 6.45) is 2.69. The molecule has 1 aliphatic heterocycles. The van der Waals surface area contributed by atoms with Gasteiger partial charge in [-0.05, 0) is 36.3 Å². The maximum absolute atomic E-state index is 12.9. The number of phenolic OH excluding ortho intramolecular Hbond substituents is 1. The van der Waals surface area contributed by atoms with Crippen LogP contribution in [0.25, 0.3) is 11.6 Å². The molecule has 0 atom stereocenters. The first kappa shape index (κ1) is 16.9. The van der Waals surface area contributed by atoms with Gasteiger partial charge in [0.2, 0.25) is 5.75 Å². The first-order chi connectivity index (χ1) is 12.1. The van der Waals surface area contributed by atoms with Crippen LogP contribution in [0.3, 0.4) is 0 Å². The van der Waals surface area contributed by atoms with E-state index < -0.39 is 0 Å². The second-order valence-corrected chi connectivity index (χ2v) is 5.81. The van der Waals surface area contributed by atoms with E-state index in [4.69, 9.17) is 9.47 Å². The van der Waals surface area contributed by atoms with Crippen LogP contribution in [0.15, 0.2) is 36.4 Å². The van der Waals surface area contributed by atoms with Crippen LogP contribution in [0.5, 0.6) is 17.2 Å². The Bertz CT molecular complexity index is 816. The molecule has 0 radical (unpaired) electrons. The molecule has 0 bridgehead atoms.